The van der Waals surface area contributed by atoms with E-state index in [4.69, 9.17) is 5.73 Å². The van der Waals surface area contributed by atoms with Crippen LogP contribution in [0.5, 0.6) is 0 Å². The molecule has 76 valence electrons. The number of anilines is 1. The number of nitrogens with one attached hydrogen (secondary N) is 1. The van der Waals surface area contributed by atoms with E-state index in [0.29, 0.717) is 5.41 Å². The first-order valence-electron chi connectivity index (χ1n) is 5.23. The molecule has 0 aliphatic heterocycles. The summed E-state index contributed by atoms with van der Waals surface area (Å²) in [4.78, 5) is 0. The quantitative estimate of drug-likeness (QED) is 0.714. The third-order valence-corrected chi connectivity index (χ3v) is 2.94. The highest BCUT2D eigenvalue weighted by Crippen LogP contribution is 2.44. The number of benzene rings is 1. The number of hydrogen-bond acceptors (Lipinski definition) is 2. The van der Waals surface area contributed by atoms with Gasteiger partial charge in [0, 0.05) is 18.8 Å². The van der Waals surface area contributed by atoms with E-state index >= 15 is 0 Å². The van der Waals surface area contributed by atoms with Crippen molar-refractivity contribution in [2.24, 2.45) is 5.41 Å². The summed E-state index contributed by atoms with van der Waals surface area (Å²) in [6, 6.07) is 8.07. The Kier molecular flexibility index (Phi) is 2.46. The van der Waals surface area contributed by atoms with Crippen molar-refractivity contribution in [3.05, 3.63) is 29.8 Å². The van der Waals surface area contributed by atoms with Gasteiger partial charge in [0.2, 0.25) is 0 Å². The Hall–Kier alpha value is -1.02. The molecule has 0 atom stereocenters. The molecule has 0 aromatic heterocycles. The van der Waals surface area contributed by atoms with Crippen LogP contribution in [-0.2, 0) is 6.54 Å². The number of hydrogen-bond donors (Lipinski definition) is 2. The second-order valence-electron chi connectivity index (χ2n) is 4.66. The second-order valence-corrected chi connectivity index (χ2v) is 4.66. The summed E-state index contributed by atoms with van der Waals surface area (Å²) in [7, 11) is 0. The van der Waals surface area contributed by atoms with Crippen LogP contribution in [0.3, 0.4) is 0 Å². The lowest BCUT2D eigenvalue weighted by molar-refractivity contribution is 0.499. The average Bonchev–Trinajstić information content (AvgIpc) is 2.84. The number of nitrogens with two attached hydrogens (primary N) is 1. The molecular formula is C12H18N2. The zero-order chi connectivity index (χ0) is 10.0. The van der Waals surface area contributed by atoms with Crippen LogP contribution in [0, 0.1) is 5.41 Å². The number of nitrogen functional groups attached to an aromatic ring is 1. The molecule has 0 unspecified atom stereocenters. The molecule has 0 heterocycles. The summed E-state index contributed by atoms with van der Waals surface area (Å²) in [5, 5.41) is 3.48. The molecule has 2 heteroatoms. The zero-order valence-corrected chi connectivity index (χ0v) is 8.72. The van der Waals surface area contributed by atoms with Crippen molar-refractivity contribution in [1.82, 2.24) is 5.32 Å². The van der Waals surface area contributed by atoms with Gasteiger partial charge in [-0.25, -0.2) is 0 Å². The fourth-order valence-electron chi connectivity index (χ4n) is 1.60. The molecule has 1 aromatic carbocycles. The molecule has 14 heavy (non-hydrogen) atoms. The van der Waals surface area contributed by atoms with Crippen molar-refractivity contribution in [1.29, 1.82) is 0 Å². The van der Waals surface area contributed by atoms with Crippen LogP contribution < -0.4 is 11.1 Å². The van der Waals surface area contributed by atoms with Gasteiger partial charge >= 0.3 is 0 Å². The summed E-state index contributed by atoms with van der Waals surface area (Å²) in [6.07, 6.45) is 2.74. The maximum atomic E-state index is 5.70. The lowest BCUT2D eigenvalue weighted by atomic mass is 10.1. The average molecular weight is 190 g/mol. The van der Waals surface area contributed by atoms with Crippen molar-refractivity contribution in [2.75, 3.05) is 12.3 Å². The van der Waals surface area contributed by atoms with Crippen LogP contribution in [0.4, 0.5) is 5.69 Å². The van der Waals surface area contributed by atoms with E-state index < -0.39 is 0 Å². The lowest BCUT2D eigenvalue weighted by Crippen LogP contribution is -2.21. The minimum Gasteiger partial charge on any atom is -0.399 e. The fourth-order valence-corrected chi connectivity index (χ4v) is 1.60. The molecule has 0 bridgehead atoms. The molecule has 0 amide bonds. The molecule has 0 radical (unpaired) electrons. The molecule has 0 saturated heterocycles. The topological polar surface area (TPSA) is 38.0 Å². The summed E-state index contributed by atoms with van der Waals surface area (Å²) in [6.45, 7) is 4.39. The van der Waals surface area contributed by atoms with E-state index in [0.717, 1.165) is 18.8 Å². The summed E-state index contributed by atoms with van der Waals surface area (Å²) in [5.41, 5.74) is 8.41. The van der Waals surface area contributed by atoms with E-state index in [1.165, 1.54) is 18.4 Å². The first-order valence-corrected chi connectivity index (χ1v) is 5.23. The summed E-state index contributed by atoms with van der Waals surface area (Å²) in [5.74, 6) is 0. The Morgan fingerprint density at radius 1 is 1.43 bits per heavy atom. The largest absolute Gasteiger partial charge is 0.399 e. The van der Waals surface area contributed by atoms with Gasteiger partial charge in [0.05, 0.1) is 0 Å². The smallest absolute Gasteiger partial charge is 0.0317 e. The van der Waals surface area contributed by atoms with Crippen molar-refractivity contribution in [3.63, 3.8) is 0 Å². The lowest BCUT2D eigenvalue weighted by Gasteiger charge is -2.10. The van der Waals surface area contributed by atoms with Gasteiger partial charge in [-0.2, -0.15) is 0 Å². The van der Waals surface area contributed by atoms with E-state index in [1.807, 2.05) is 18.2 Å². The van der Waals surface area contributed by atoms with Crippen LogP contribution in [0.2, 0.25) is 0 Å². The third-order valence-electron chi connectivity index (χ3n) is 2.94. The van der Waals surface area contributed by atoms with Crippen LogP contribution in [-0.4, -0.2) is 6.54 Å². The molecule has 0 spiro atoms. The van der Waals surface area contributed by atoms with Gasteiger partial charge in [0.15, 0.2) is 0 Å². The minimum absolute atomic E-state index is 0.584. The highest BCUT2D eigenvalue weighted by atomic mass is 14.9. The molecule has 2 nitrogen and oxygen atoms in total. The molecule has 2 rings (SSSR count). The summed E-state index contributed by atoms with van der Waals surface area (Å²) < 4.78 is 0. The van der Waals surface area contributed by atoms with Crippen molar-refractivity contribution < 1.29 is 0 Å². The fraction of sp³-hybridized carbons (Fsp3) is 0.500. The van der Waals surface area contributed by atoms with Crippen LogP contribution in [0.1, 0.15) is 25.3 Å². The molecule has 1 aliphatic carbocycles. The van der Waals surface area contributed by atoms with Crippen molar-refractivity contribution >= 4 is 5.69 Å². The first-order chi connectivity index (χ1) is 6.68. The van der Waals surface area contributed by atoms with Crippen LogP contribution in [0.15, 0.2) is 24.3 Å². The monoisotopic (exact) mass is 190 g/mol. The Morgan fingerprint density at radius 2 is 2.21 bits per heavy atom. The van der Waals surface area contributed by atoms with E-state index in [2.05, 4.69) is 18.3 Å². The molecule has 1 saturated carbocycles. The number of rotatable bonds is 4. The second kappa shape index (κ2) is 3.62. The SMILES string of the molecule is CC1(CNCc2cccc(N)c2)CC1. The molecule has 1 aliphatic rings. The van der Waals surface area contributed by atoms with Crippen LogP contribution in [0.25, 0.3) is 0 Å². The predicted molar refractivity (Wildman–Crippen MR) is 59.9 cm³/mol. The van der Waals surface area contributed by atoms with Gasteiger partial charge in [-0.15, -0.1) is 0 Å². The van der Waals surface area contributed by atoms with E-state index in [-0.39, 0.29) is 0 Å². The minimum atomic E-state index is 0.584. The molecule has 3 N–H and O–H groups in total. The van der Waals surface area contributed by atoms with Gasteiger partial charge < -0.3 is 11.1 Å². The van der Waals surface area contributed by atoms with Gasteiger partial charge in [0.25, 0.3) is 0 Å². The van der Waals surface area contributed by atoms with Gasteiger partial charge in [-0.3, -0.25) is 0 Å². The Labute approximate surface area is 85.5 Å². The van der Waals surface area contributed by atoms with Gasteiger partial charge in [-0.1, -0.05) is 19.1 Å². The summed E-state index contributed by atoms with van der Waals surface area (Å²) >= 11 is 0. The Bertz CT molecular complexity index is 316. The molecular weight excluding hydrogens is 172 g/mol. The Balaban J connectivity index is 1.80. The molecule has 1 fully saturated rings. The highest BCUT2D eigenvalue weighted by molar-refractivity contribution is 5.40. The standard InChI is InChI=1S/C12H18N2/c1-12(5-6-12)9-14-8-10-3-2-4-11(13)7-10/h2-4,7,14H,5-6,8-9,13H2,1H3. The van der Waals surface area contributed by atoms with Gasteiger partial charge in [0.1, 0.15) is 0 Å². The van der Waals surface area contributed by atoms with Crippen molar-refractivity contribution in [2.45, 2.75) is 26.3 Å². The molecule has 1 aromatic rings. The van der Waals surface area contributed by atoms with Gasteiger partial charge in [-0.05, 0) is 36.0 Å². The third kappa shape index (κ3) is 2.48. The van der Waals surface area contributed by atoms with E-state index in [9.17, 15) is 0 Å². The van der Waals surface area contributed by atoms with Crippen LogP contribution >= 0.6 is 0 Å². The maximum absolute atomic E-state index is 5.70. The maximum Gasteiger partial charge on any atom is 0.0317 e. The predicted octanol–water partition coefficient (Wildman–Crippen LogP) is 2.16. The highest BCUT2D eigenvalue weighted by Gasteiger charge is 2.36. The normalized spacial score (nSPS) is 18.1. The first kappa shape index (κ1) is 9.53. The van der Waals surface area contributed by atoms with E-state index in [1.54, 1.807) is 0 Å². The van der Waals surface area contributed by atoms with Crippen molar-refractivity contribution in [3.8, 4) is 0 Å². The Morgan fingerprint density at radius 3 is 2.86 bits per heavy atom. The zero-order valence-electron chi connectivity index (χ0n) is 8.72.